The van der Waals surface area contributed by atoms with Gasteiger partial charge in [0.1, 0.15) is 0 Å². The summed E-state index contributed by atoms with van der Waals surface area (Å²) in [7, 11) is 0. The average Bonchev–Trinajstić information content (AvgIpc) is 2.85. The van der Waals surface area contributed by atoms with Crippen molar-refractivity contribution < 1.29 is 4.42 Å². The molecule has 0 aliphatic carbocycles. The predicted octanol–water partition coefficient (Wildman–Crippen LogP) is 0.464. The molecule has 16 heavy (non-hydrogen) atoms. The first-order valence-electron chi connectivity index (χ1n) is 5.32. The molecule has 1 atom stereocenters. The zero-order valence-electron chi connectivity index (χ0n) is 9.05. The summed E-state index contributed by atoms with van der Waals surface area (Å²) in [5.41, 5.74) is 7.95. The van der Waals surface area contributed by atoms with Gasteiger partial charge in [-0.05, 0) is 13.3 Å². The summed E-state index contributed by atoms with van der Waals surface area (Å²) in [5, 5.41) is 0. The van der Waals surface area contributed by atoms with Gasteiger partial charge in [0.25, 0.3) is 0 Å². The molecule has 1 aliphatic heterocycles. The van der Waals surface area contributed by atoms with Crippen molar-refractivity contribution in [2.75, 3.05) is 18.0 Å². The van der Waals surface area contributed by atoms with Crippen LogP contribution in [-0.4, -0.2) is 34.1 Å². The van der Waals surface area contributed by atoms with Crippen molar-refractivity contribution >= 4 is 17.2 Å². The molecule has 2 aromatic heterocycles. The first-order chi connectivity index (χ1) is 7.74. The molecule has 6 heteroatoms. The number of hydrogen-bond acceptors (Lipinski definition) is 6. The zero-order valence-corrected chi connectivity index (χ0v) is 9.05. The van der Waals surface area contributed by atoms with Crippen LogP contribution in [0.25, 0.3) is 11.2 Å². The number of fused-ring (bicyclic) bond motifs is 1. The molecule has 84 valence electrons. The Morgan fingerprint density at radius 3 is 3.12 bits per heavy atom. The normalized spacial score (nSPS) is 20.9. The van der Waals surface area contributed by atoms with Crippen molar-refractivity contribution in [3.05, 3.63) is 12.1 Å². The first-order valence-corrected chi connectivity index (χ1v) is 5.32. The van der Waals surface area contributed by atoms with Crippen LogP contribution in [0.1, 0.15) is 12.1 Å². The lowest BCUT2D eigenvalue weighted by Crippen LogP contribution is -2.27. The van der Waals surface area contributed by atoms with E-state index in [-0.39, 0.29) is 6.04 Å². The second-order valence-electron chi connectivity index (χ2n) is 4.11. The second-order valence-corrected chi connectivity index (χ2v) is 4.11. The molecule has 0 spiro atoms. The molecule has 0 saturated carbocycles. The van der Waals surface area contributed by atoms with Crippen molar-refractivity contribution in [2.45, 2.75) is 19.4 Å². The van der Waals surface area contributed by atoms with Crippen molar-refractivity contribution in [2.24, 2.45) is 5.73 Å². The number of anilines is 1. The summed E-state index contributed by atoms with van der Waals surface area (Å²) in [6.45, 7) is 3.61. The van der Waals surface area contributed by atoms with Crippen molar-refractivity contribution in [3.8, 4) is 0 Å². The number of nitrogens with two attached hydrogens (primary N) is 1. The highest BCUT2D eigenvalue weighted by Gasteiger charge is 2.22. The van der Waals surface area contributed by atoms with E-state index in [1.807, 2.05) is 6.92 Å². The minimum Gasteiger partial charge on any atom is -0.440 e. The lowest BCUT2D eigenvalue weighted by atomic mass is 10.3. The lowest BCUT2D eigenvalue weighted by Gasteiger charge is -2.15. The highest BCUT2D eigenvalue weighted by molar-refractivity contribution is 5.71. The Hall–Kier alpha value is -1.69. The molecule has 0 amide bonds. The number of rotatable bonds is 1. The minimum atomic E-state index is 0.219. The van der Waals surface area contributed by atoms with Crippen LogP contribution in [0.4, 0.5) is 5.95 Å². The maximum absolute atomic E-state index is 5.86. The van der Waals surface area contributed by atoms with Crippen LogP contribution in [0, 0.1) is 6.92 Å². The van der Waals surface area contributed by atoms with Crippen molar-refractivity contribution in [1.82, 2.24) is 15.0 Å². The minimum absolute atomic E-state index is 0.219. The van der Waals surface area contributed by atoms with Crippen molar-refractivity contribution in [1.29, 1.82) is 0 Å². The summed E-state index contributed by atoms with van der Waals surface area (Å²) >= 11 is 0. The highest BCUT2D eigenvalue weighted by Crippen LogP contribution is 2.20. The van der Waals surface area contributed by atoms with Crippen molar-refractivity contribution in [3.63, 3.8) is 0 Å². The molecular weight excluding hydrogens is 206 g/mol. The second kappa shape index (κ2) is 3.41. The van der Waals surface area contributed by atoms with Gasteiger partial charge in [0.15, 0.2) is 12.0 Å². The Balaban J connectivity index is 2.04. The van der Waals surface area contributed by atoms with E-state index < -0.39 is 0 Å². The number of hydrogen-bond donors (Lipinski definition) is 1. The Labute approximate surface area is 92.5 Å². The Morgan fingerprint density at radius 2 is 2.38 bits per heavy atom. The molecule has 6 nitrogen and oxygen atoms in total. The molecule has 3 rings (SSSR count). The van der Waals surface area contributed by atoms with Crippen LogP contribution >= 0.6 is 0 Å². The Kier molecular flexibility index (Phi) is 2.03. The third-order valence-electron chi connectivity index (χ3n) is 2.86. The van der Waals surface area contributed by atoms with Crippen LogP contribution in [0.5, 0.6) is 0 Å². The van der Waals surface area contributed by atoms with Gasteiger partial charge in [0.2, 0.25) is 11.6 Å². The zero-order chi connectivity index (χ0) is 11.1. The SMILES string of the molecule is Cc1nc(N2CCC(N)C2)nc2ncoc12. The molecule has 1 unspecified atom stereocenters. The molecule has 3 heterocycles. The summed E-state index contributed by atoms with van der Waals surface area (Å²) in [6, 6.07) is 0.219. The fourth-order valence-corrected chi connectivity index (χ4v) is 2.00. The summed E-state index contributed by atoms with van der Waals surface area (Å²) < 4.78 is 5.21. The summed E-state index contributed by atoms with van der Waals surface area (Å²) in [5.74, 6) is 0.701. The van der Waals surface area contributed by atoms with E-state index in [0.717, 1.165) is 25.2 Å². The topological polar surface area (TPSA) is 81.1 Å². The van der Waals surface area contributed by atoms with Gasteiger partial charge in [-0.15, -0.1) is 0 Å². The molecule has 2 N–H and O–H groups in total. The third kappa shape index (κ3) is 1.42. The van der Waals surface area contributed by atoms with Gasteiger partial charge in [-0.3, -0.25) is 0 Å². The van der Waals surface area contributed by atoms with Crippen LogP contribution in [0.15, 0.2) is 10.8 Å². The molecule has 0 aromatic carbocycles. The maximum Gasteiger partial charge on any atom is 0.227 e. The molecular formula is C10H13N5O. The van der Waals surface area contributed by atoms with E-state index >= 15 is 0 Å². The monoisotopic (exact) mass is 219 g/mol. The van der Waals surface area contributed by atoms with Gasteiger partial charge in [0, 0.05) is 19.1 Å². The van der Waals surface area contributed by atoms with Gasteiger partial charge in [-0.1, -0.05) is 0 Å². The van der Waals surface area contributed by atoms with Gasteiger partial charge in [0.05, 0.1) is 5.69 Å². The van der Waals surface area contributed by atoms with Crippen LogP contribution < -0.4 is 10.6 Å². The Bertz CT molecular complexity index is 523. The van der Waals surface area contributed by atoms with E-state index in [2.05, 4.69) is 19.9 Å². The Morgan fingerprint density at radius 1 is 1.50 bits per heavy atom. The van der Waals surface area contributed by atoms with Gasteiger partial charge in [-0.2, -0.15) is 9.97 Å². The summed E-state index contributed by atoms with van der Waals surface area (Å²) in [6.07, 6.45) is 2.38. The quantitative estimate of drug-likeness (QED) is 0.750. The molecule has 1 aliphatic rings. The molecule has 0 radical (unpaired) electrons. The number of aryl methyl sites for hydroxylation is 1. The fourth-order valence-electron chi connectivity index (χ4n) is 2.00. The van der Waals surface area contributed by atoms with E-state index in [0.29, 0.717) is 17.2 Å². The predicted molar refractivity (Wildman–Crippen MR) is 59.1 cm³/mol. The maximum atomic E-state index is 5.86. The van der Waals surface area contributed by atoms with E-state index in [1.54, 1.807) is 0 Å². The number of aromatic nitrogens is 3. The number of nitrogens with zero attached hydrogens (tertiary/aromatic N) is 4. The van der Waals surface area contributed by atoms with E-state index in [1.165, 1.54) is 6.39 Å². The molecule has 2 aromatic rings. The van der Waals surface area contributed by atoms with E-state index in [4.69, 9.17) is 10.2 Å². The van der Waals surface area contributed by atoms with Crippen LogP contribution in [0.2, 0.25) is 0 Å². The number of oxazole rings is 1. The highest BCUT2D eigenvalue weighted by atomic mass is 16.3. The van der Waals surface area contributed by atoms with Crippen LogP contribution in [0.3, 0.4) is 0 Å². The third-order valence-corrected chi connectivity index (χ3v) is 2.86. The van der Waals surface area contributed by atoms with Gasteiger partial charge in [-0.25, -0.2) is 4.98 Å². The largest absolute Gasteiger partial charge is 0.440 e. The summed E-state index contributed by atoms with van der Waals surface area (Å²) in [4.78, 5) is 14.9. The van der Waals surface area contributed by atoms with Crippen LogP contribution in [-0.2, 0) is 0 Å². The fraction of sp³-hybridized carbons (Fsp3) is 0.500. The smallest absolute Gasteiger partial charge is 0.227 e. The molecule has 1 saturated heterocycles. The van der Waals surface area contributed by atoms with E-state index in [9.17, 15) is 0 Å². The van der Waals surface area contributed by atoms with Gasteiger partial charge >= 0.3 is 0 Å². The first kappa shape index (κ1) is 9.53. The standard InChI is InChI=1S/C10H13N5O/c1-6-8-9(12-5-16-8)14-10(13-6)15-3-2-7(11)4-15/h5,7H,2-4,11H2,1H3. The molecule has 1 fully saturated rings. The average molecular weight is 219 g/mol. The lowest BCUT2D eigenvalue weighted by molar-refractivity contribution is 0.597. The molecule has 0 bridgehead atoms. The van der Waals surface area contributed by atoms with Gasteiger partial charge < -0.3 is 15.1 Å².